The second kappa shape index (κ2) is 26.2. The van der Waals surface area contributed by atoms with Crippen LogP contribution < -0.4 is 5.32 Å². The second-order valence-corrected chi connectivity index (χ2v) is 9.46. The van der Waals surface area contributed by atoms with Crippen LogP contribution in [0.3, 0.4) is 0 Å². The number of aliphatic hydroxyl groups is 2. The molecular formula is C30H55NO3. The predicted octanol–water partition coefficient (Wildman–Crippen LogP) is 7.55. The van der Waals surface area contributed by atoms with Gasteiger partial charge < -0.3 is 15.5 Å². The molecule has 0 aromatic rings. The van der Waals surface area contributed by atoms with Gasteiger partial charge in [0.25, 0.3) is 0 Å². The van der Waals surface area contributed by atoms with Crippen LogP contribution in [0.25, 0.3) is 0 Å². The quantitative estimate of drug-likeness (QED) is 0.0992. The lowest BCUT2D eigenvalue weighted by molar-refractivity contribution is -0.123. The Kier molecular flexibility index (Phi) is 25.1. The third-order valence-electron chi connectivity index (χ3n) is 6.12. The van der Waals surface area contributed by atoms with Gasteiger partial charge in [-0.15, -0.1) is 0 Å². The van der Waals surface area contributed by atoms with Gasteiger partial charge in [-0.3, -0.25) is 4.79 Å². The minimum absolute atomic E-state index is 0.0858. The highest BCUT2D eigenvalue weighted by atomic mass is 16.3. The van der Waals surface area contributed by atoms with Crippen molar-refractivity contribution in [1.82, 2.24) is 5.32 Å². The van der Waals surface area contributed by atoms with Gasteiger partial charge in [-0.1, -0.05) is 115 Å². The molecular weight excluding hydrogens is 422 g/mol. The fourth-order valence-corrected chi connectivity index (χ4v) is 3.84. The maximum atomic E-state index is 12.2. The van der Waals surface area contributed by atoms with Gasteiger partial charge in [0.15, 0.2) is 0 Å². The van der Waals surface area contributed by atoms with Crippen molar-refractivity contribution in [3.63, 3.8) is 0 Å². The topological polar surface area (TPSA) is 69.6 Å². The molecule has 0 aliphatic rings. The molecule has 198 valence electrons. The van der Waals surface area contributed by atoms with E-state index in [4.69, 9.17) is 0 Å². The minimum atomic E-state index is -0.839. The lowest BCUT2D eigenvalue weighted by atomic mass is 10.1. The smallest absolute Gasteiger partial charge is 0.220 e. The first kappa shape index (κ1) is 32.6. The van der Waals surface area contributed by atoms with Crippen molar-refractivity contribution in [3.8, 4) is 0 Å². The first-order valence-electron chi connectivity index (χ1n) is 14.2. The van der Waals surface area contributed by atoms with E-state index in [1.165, 1.54) is 64.2 Å². The first-order valence-corrected chi connectivity index (χ1v) is 14.2. The minimum Gasteiger partial charge on any atom is -0.394 e. The molecule has 0 heterocycles. The molecule has 1 amide bonds. The molecule has 4 heteroatoms. The SMILES string of the molecule is CCCC/C=C\C/C=C\CCCCCCCC(=O)NC(CO)C(O)/C=C/CCCCCCCC. The number of nitrogens with one attached hydrogen (secondary N) is 1. The van der Waals surface area contributed by atoms with E-state index >= 15 is 0 Å². The summed E-state index contributed by atoms with van der Waals surface area (Å²) in [4.78, 5) is 12.2. The molecule has 0 rings (SSSR count). The summed E-state index contributed by atoms with van der Waals surface area (Å²) < 4.78 is 0. The maximum Gasteiger partial charge on any atom is 0.220 e. The van der Waals surface area contributed by atoms with E-state index in [0.717, 1.165) is 44.9 Å². The van der Waals surface area contributed by atoms with Gasteiger partial charge in [0.2, 0.25) is 5.91 Å². The van der Waals surface area contributed by atoms with Crippen LogP contribution in [0.4, 0.5) is 0 Å². The highest BCUT2D eigenvalue weighted by molar-refractivity contribution is 5.76. The molecule has 0 bridgehead atoms. The van der Waals surface area contributed by atoms with E-state index in [0.29, 0.717) is 6.42 Å². The number of carbonyl (C=O) groups is 1. The van der Waals surface area contributed by atoms with Gasteiger partial charge in [0.05, 0.1) is 18.8 Å². The summed E-state index contributed by atoms with van der Waals surface area (Å²) in [5.74, 6) is -0.0858. The monoisotopic (exact) mass is 477 g/mol. The Morgan fingerprint density at radius 3 is 1.85 bits per heavy atom. The molecule has 0 saturated heterocycles. The zero-order valence-electron chi connectivity index (χ0n) is 22.4. The third kappa shape index (κ3) is 22.4. The molecule has 0 aromatic heterocycles. The van der Waals surface area contributed by atoms with Crippen LogP contribution in [0.15, 0.2) is 36.5 Å². The number of rotatable bonds is 24. The number of amides is 1. The normalized spacial score (nSPS) is 13.9. The molecule has 0 spiro atoms. The third-order valence-corrected chi connectivity index (χ3v) is 6.12. The van der Waals surface area contributed by atoms with Crippen molar-refractivity contribution in [2.24, 2.45) is 0 Å². The van der Waals surface area contributed by atoms with Gasteiger partial charge in [-0.2, -0.15) is 0 Å². The molecule has 0 saturated carbocycles. The summed E-state index contributed by atoms with van der Waals surface area (Å²) in [5.41, 5.74) is 0. The number of allylic oxidation sites excluding steroid dienone is 5. The summed E-state index contributed by atoms with van der Waals surface area (Å²) >= 11 is 0. The number of unbranched alkanes of at least 4 members (excludes halogenated alkanes) is 13. The lowest BCUT2D eigenvalue weighted by Crippen LogP contribution is -2.45. The van der Waals surface area contributed by atoms with Gasteiger partial charge >= 0.3 is 0 Å². The van der Waals surface area contributed by atoms with E-state index in [1.807, 2.05) is 6.08 Å². The van der Waals surface area contributed by atoms with Crippen molar-refractivity contribution < 1.29 is 15.0 Å². The Bertz CT molecular complexity index is 527. The average Bonchev–Trinajstić information content (AvgIpc) is 2.84. The van der Waals surface area contributed by atoms with Gasteiger partial charge in [-0.25, -0.2) is 0 Å². The van der Waals surface area contributed by atoms with Gasteiger partial charge in [0.1, 0.15) is 0 Å². The molecule has 4 nitrogen and oxygen atoms in total. The van der Waals surface area contributed by atoms with Crippen LogP contribution in [0.5, 0.6) is 0 Å². The number of hydrogen-bond acceptors (Lipinski definition) is 3. The Balaban J connectivity index is 3.74. The molecule has 0 aromatic carbocycles. The molecule has 34 heavy (non-hydrogen) atoms. The predicted molar refractivity (Wildman–Crippen MR) is 147 cm³/mol. The van der Waals surface area contributed by atoms with Crippen molar-refractivity contribution >= 4 is 5.91 Å². The molecule has 2 atom stereocenters. The Labute approximate surface area is 211 Å². The van der Waals surface area contributed by atoms with Crippen LogP contribution >= 0.6 is 0 Å². The Morgan fingerprint density at radius 1 is 0.706 bits per heavy atom. The number of aliphatic hydroxyl groups excluding tert-OH is 2. The first-order chi connectivity index (χ1) is 16.7. The highest BCUT2D eigenvalue weighted by Gasteiger charge is 2.17. The fourth-order valence-electron chi connectivity index (χ4n) is 3.84. The summed E-state index contributed by atoms with van der Waals surface area (Å²) in [5, 5.41) is 22.6. The zero-order chi connectivity index (χ0) is 25.1. The average molecular weight is 478 g/mol. The summed E-state index contributed by atoms with van der Waals surface area (Å²) in [6, 6.07) is -0.624. The van der Waals surface area contributed by atoms with E-state index in [-0.39, 0.29) is 12.5 Å². The van der Waals surface area contributed by atoms with Gasteiger partial charge in [0, 0.05) is 6.42 Å². The van der Waals surface area contributed by atoms with E-state index in [9.17, 15) is 15.0 Å². The molecule has 2 unspecified atom stereocenters. The molecule has 0 fully saturated rings. The Hall–Kier alpha value is -1.39. The van der Waals surface area contributed by atoms with Crippen LogP contribution in [0, 0.1) is 0 Å². The maximum absolute atomic E-state index is 12.2. The summed E-state index contributed by atoms with van der Waals surface area (Å²) in [6.45, 7) is 4.19. The van der Waals surface area contributed by atoms with Crippen molar-refractivity contribution in [3.05, 3.63) is 36.5 Å². The lowest BCUT2D eigenvalue weighted by Gasteiger charge is -2.20. The number of hydrogen-bond donors (Lipinski definition) is 3. The number of carbonyl (C=O) groups excluding carboxylic acids is 1. The molecule has 0 aliphatic heterocycles. The summed E-state index contributed by atoms with van der Waals surface area (Å²) in [6.07, 6.45) is 32.1. The van der Waals surface area contributed by atoms with E-state index < -0.39 is 12.1 Å². The molecule has 0 radical (unpaired) electrons. The zero-order valence-corrected chi connectivity index (χ0v) is 22.4. The van der Waals surface area contributed by atoms with Crippen LogP contribution in [0.2, 0.25) is 0 Å². The van der Waals surface area contributed by atoms with Crippen LogP contribution in [0.1, 0.15) is 129 Å². The molecule has 0 aliphatic carbocycles. The van der Waals surface area contributed by atoms with E-state index in [1.54, 1.807) is 6.08 Å². The highest BCUT2D eigenvalue weighted by Crippen LogP contribution is 2.10. The largest absolute Gasteiger partial charge is 0.394 e. The van der Waals surface area contributed by atoms with Crippen molar-refractivity contribution in [1.29, 1.82) is 0 Å². The van der Waals surface area contributed by atoms with Crippen LogP contribution in [-0.2, 0) is 4.79 Å². The van der Waals surface area contributed by atoms with Crippen LogP contribution in [-0.4, -0.2) is 34.9 Å². The van der Waals surface area contributed by atoms with E-state index in [2.05, 4.69) is 43.5 Å². The fraction of sp³-hybridized carbons (Fsp3) is 0.767. The Morgan fingerprint density at radius 2 is 1.24 bits per heavy atom. The second-order valence-electron chi connectivity index (χ2n) is 9.46. The van der Waals surface area contributed by atoms with Crippen molar-refractivity contribution in [2.75, 3.05) is 6.61 Å². The van der Waals surface area contributed by atoms with Gasteiger partial charge in [-0.05, 0) is 44.9 Å². The van der Waals surface area contributed by atoms with Crippen molar-refractivity contribution in [2.45, 2.75) is 142 Å². The summed E-state index contributed by atoms with van der Waals surface area (Å²) in [7, 11) is 0. The standard InChI is InChI=1S/C30H55NO3/c1-3-5-7-9-11-13-14-15-16-17-18-20-22-24-26-30(34)31-28(27-32)29(33)25-23-21-19-12-10-8-6-4-2/h9,11,14-15,23,25,28-29,32-33H,3-8,10,12-13,16-22,24,26-27H2,1-2H3,(H,31,34)/b11-9-,15-14-,25-23+. The molecule has 3 N–H and O–H groups in total.